The van der Waals surface area contributed by atoms with Crippen LogP contribution in [0.2, 0.25) is 0 Å². The maximum atomic E-state index is 12.7. The molecule has 3 aromatic rings. The Labute approximate surface area is 143 Å². The highest BCUT2D eigenvalue weighted by Crippen LogP contribution is 2.27. The molecule has 1 amide bonds. The van der Waals surface area contributed by atoms with Gasteiger partial charge in [-0.25, -0.2) is 0 Å². The van der Waals surface area contributed by atoms with Crippen molar-refractivity contribution in [1.82, 2.24) is 15.3 Å². The minimum absolute atomic E-state index is 0.0201. The van der Waals surface area contributed by atoms with Gasteiger partial charge in [0.05, 0.1) is 25.1 Å². The Morgan fingerprint density at radius 1 is 1.28 bits per heavy atom. The molecule has 0 unspecified atom stereocenters. The highest BCUT2D eigenvalue weighted by atomic mass is 16.5. The molecule has 0 aliphatic rings. The van der Waals surface area contributed by atoms with Crippen LogP contribution in [-0.4, -0.2) is 30.1 Å². The molecule has 0 radical (unpaired) electrons. The number of aromatic nitrogens is 2. The molecule has 2 N–H and O–H groups in total. The van der Waals surface area contributed by atoms with Crippen LogP contribution in [0.4, 0.5) is 0 Å². The number of rotatable bonds is 5. The first-order valence-electron chi connectivity index (χ1n) is 7.58. The number of aromatic amines is 1. The molecular weight excluding hydrogens is 322 g/mol. The Balaban J connectivity index is 1.95. The summed E-state index contributed by atoms with van der Waals surface area (Å²) < 4.78 is 10.5. The summed E-state index contributed by atoms with van der Waals surface area (Å²) in [6.07, 6.45) is 4.69. The predicted octanol–water partition coefficient (Wildman–Crippen LogP) is 1.87. The highest BCUT2D eigenvalue weighted by Gasteiger charge is 2.16. The zero-order valence-corrected chi connectivity index (χ0v) is 13.8. The molecule has 0 saturated heterocycles. The number of hydrogen-bond acceptors (Lipinski definition) is 5. The largest absolute Gasteiger partial charge is 0.497 e. The molecule has 0 fully saturated rings. The number of carbonyl (C=O) groups excluding carboxylic acids is 1. The highest BCUT2D eigenvalue weighted by molar-refractivity contribution is 5.98. The number of amides is 1. The molecule has 7 nitrogen and oxygen atoms in total. The number of carbonyl (C=O) groups is 1. The number of H-pyrrole nitrogens is 1. The van der Waals surface area contributed by atoms with Gasteiger partial charge in [-0.3, -0.25) is 14.6 Å². The summed E-state index contributed by atoms with van der Waals surface area (Å²) in [5.41, 5.74) is 0.981. The first-order chi connectivity index (χ1) is 12.1. The molecular formula is C18H17N3O4. The van der Waals surface area contributed by atoms with Crippen molar-refractivity contribution in [1.29, 1.82) is 0 Å². The lowest BCUT2D eigenvalue weighted by Gasteiger charge is -2.10. The Morgan fingerprint density at radius 2 is 2.12 bits per heavy atom. The van der Waals surface area contributed by atoms with E-state index in [4.69, 9.17) is 9.47 Å². The third-order valence-corrected chi connectivity index (χ3v) is 3.80. The lowest BCUT2D eigenvalue weighted by molar-refractivity contribution is 0.0949. The van der Waals surface area contributed by atoms with Crippen LogP contribution in [0, 0.1) is 0 Å². The maximum absolute atomic E-state index is 12.7. The first-order valence-corrected chi connectivity index (χ1v) is 7.58. The fourth-order valence-corrected chi connectivity index (χ4v) is 2.50. The second-order valence-electron chi connectivity index (χ2n) is 5.33. The number of ether oxygens (including phenoxy) is 2. The molecule has 0 bridgehead atoms. The van der Waals surface area contributed by atoms with Crippen molar-refractivity contribution in [2.75, 3.05) is 14.2 Å². The van der Waals surface area contributed by atoms with Crippen LogP contribution < -0.4 is 20.2 Å². The Kier molecular flexibility index (Phi) is 4.65. The van der Waals surface area contributed by atoms with Crippen LogP contribution in [0.25, 0.3) is 10.9 Å². The third kappa shape index (κ3) is 3.30. The average Bonchev–Trinajstić information content (AvgIpc) is 2.66. The van der Waals surface area contributed by atoms with Gasteiger partial charge in [0.25, 0.3) is 5.91 Å². The van der Waals surface area contributed by atoms with Crippen molar-refractivity contribution in [2.24, 2.45) is 0 Å². The number of nitrogens with one attached hydrogen (secondary N) is 2. The van der Waals surface area contributed by atoms with Crippen molar-refractivity contribution in [2.45, 2.75) is 6.54 Å². The van der Waals surface area contributed by atoms with E-state index in [1.807, 2.05) is 6.07 Å². The predicted molar refractivity (Wildman–Crippen MR) is 93.1 cm³/mol. The standard InChI is InChI=1S/C18H17N3O4/c1-24-12-6-13-16(15(7-12)25-2)20-10-14(17(13)22)18(23)21-9-11-4-3-5-19-8-11/h3-8,10H,9H2,1-2H3,(H,20,22)(H,21,23). The fourth-order valence-electron chi connectivity index (χ4n) is 2.50. The lowest BCUT2D eigenvalue weighted by Crippen LogP contribution is -2.28. The van der Waals surface area contributed by atoms with E-state index >= 15 is 0 Å². The summed E-state index contributed by atoms with van der Waals surface area (Å²) in [5, 5.41) is 3.04. The van der Waals surface area contributed by atoms with E-state index in [0.29, 0.717) is 22.4 Å². The Morgan fingerprint density at radius 3 is 2.80 bits per heavy atom. The van der Waals surface area contributed by atoms with E-state index in [1.54, 1.807) is 30.6 Å². The molecule has 0 saturated carbocycles. The van der Waals surface area contributed by atoms with Crippen LogP contribution in [0.15, 0.2) is 47.7 Å². The number of hydrogen-bond donors (Lipinski definition) is 2. The average molecular weight is 339 g/mol. The Bertz CT molecular complexity index is 967. The van der Waals surface area contributed by atoms with Gasteiger partial charge >= 0.3 is 0 Å². The monoisotopic (exact) mass is 339 g/mol. The van der Waals surface area contributed by atoms with Crippen LogP contribution in [0.3, 0.4) is 0 Å². The van der Waals surface area contributed by atoms with Gasteiger partial charge in [0, 0.05) is 31.2 Å². The van der Waals surface area contributed by atoms with Gasteiger partial charge in [0.15, 0.2) is 0 Å². The lowest BCUT2D eigenvalue weighted by atomic mass is 10.1. The Hall–Kier alpha value is -3.35. The van der Waals surface area contributed by atoms with Gasteiger partial charge in [0.1, 0.15) is 17.1 Å². The molecule has 7 heteroatoms. The summed E-state index contributed by atoms with van der Waals surface area (Å²) in [6.45, 7) is 0.283. The molecule has 0 aliphatic heterocycles. The van der Waals surface area contributed by atoms with E-state index in [9.17, 15) is 9.59 Å². The van der Waals surface area contributed by atoms with E-state index in [-0.39, 0.29) is 12.1 Å². The van der Waals surface area contributed by atoms with Gasteiger partial charge in [-0.1, -0.05) is 6.07 Å². The second-order valence-corrected chi connectivity index (χ2v) is 5.33. The number of pyridine rings is 2. The summed E-state index contributed by atoms with van der Waals surface area (Å²) in [6, 6.07) is 6.87. The van der Waals surface area contributed by atoms with Gasteiger partial charge in [-0.2, -0.15) is 0 Å². The van der Waals surface area contributed by atoms with E-state index in [1.165, 1.54) is 20.4 Å². The van der Waals surface area contributed by atoms with Crippen LogP contribution in [-0.2, 0) is 6.54 Å². The molecule has 0 spiro atoms. The minimum Gasteiger partial charge on any atom is -0.497 e. The number of methoxy groups -OCH3 is 2. The van der Waals surface area contributed by atoms with Crippen molar-refractivity contribution in [3.05, 3.63) is 64.2 Å². The van der Waals surface area contributed by atoms with E-state index in [2.05, 4.69) is 15.3 Å². The molecule has 0 atom stereocenters. The van der Waals surface area contributed by atoms with Crippen molar-refractivity contribution < 1.29 is 14.3 Å². The normalized spacial score (nSPS) is 10.5. The molecule has 3 rings (SSSR count). The van der Waals surface area contributed by atoms with Crippen LogP contribution >= 0.6 is 0 Å². The van der Waals surface area contributed by atoms with E-state index in [0.717, 1.165) is 5.56 Å². The fraction of sp³-hybridized carbons (Fsp3) is 0.167. The summed E-state index contributed by atoms with van der Waals surface area (Å²) >= 11 is 0. The minimum atomic E-state index is -0.464. The van der Waals surface area contributed by atoms with Gasteiger partial charge < -0.3 is 19.8 Å². The third-order valence-electron chi connectivity index (χ3n) is 3.80. The zero-order valence-electron chi connectivity index (χ0n) is 13.8. The topological polar surface area (TPSA) is 93.3 Å². The zero-order chi connectivity index (χ0) is 17.8. The number of fused-ring (bicyclic) bond motifs is 1. The molecule has 2 aromatic heterocycles. The molecule has 25 heavy (non-hydrogen) atoms. The smallest absolute Gasteiger partial charge is 0.257 e. The van der Waals surface area contributed by atoms with Gasteiger partial charge in [-0.15, -0.1) is 0 Å². The maximum Gasteiger partial charge on any atom is 0.257 e. The summed E-state index contributed by atoms with van der Waals surface area (Å²) in [4.78, 5) is 32.0. The number of nitrogens with zero attached hydrogens (tertiary/aromatic N) is 1. The van der Waals surface area contributed by atoms with Crippen molar-refractivity contribution in [3.8, 4) is 11.5 Å². The van der Waals surface area contributed by atoms with Crippen molar-refractivity contribution >= 4 is 16.8 Å². The number of benzene rings is 1. The van der Waals surface area contributed by atoms with Crippen molar-refractivity contribution in [3.63, 3.8) is 0 Å². The summed E-state index contributed by atoms with van der Waals surface area (Å²) in [5.74, 6) is 0.477. The van der Waals surface area contributed by atoms with Crippen LogP contribution in [0.5, 0.6) is 11.5 Å². The first kappa shape index (κ1) is 16.5. The second kappa shape index (κ2) is 7.04. The molecule has 2 heterocycles. The van der Waals surface area contributed by atoms with Gasteiger partial charge in [-0.05, 0) is 17.7 Å². The molecule has 0 aliphatic carbocycles. The van der Waals surface area contributed by atoms with Crippen LogP contribution in [0.1, 0.15) is 15.9 Å². The van der Waals surface area contributed by atoms with E-state index < -0.39 is 11.3 Å². The quantitative estimate of drug-likeness (QED) is 0.740. The van der Waals surface area contributed by atoms with Gasteiger partial charge in [0.2, 0.25) is 5.43 Å². The SMILES string of the molecule is COc1cc(OC)c2[nH]cc(C(=O)NCc3cccnc3)c(=O)c2c1. The summed E-state index contributed by atoms with van der Waals surface area (Å²) in [7, 11) is 3.00. The molecule has 128 valence electrons. The molecule has 1 aromatic carbocycles.